The molecular formula is C31H33ClN2O4. The summed E-state index contributed by atoms with van der Waals surface area (Å²) in [6, 6.07) is 17.5. The zero-order chi connectivity index (χ0) is 27.6. The monoisotopic (exact) mass is 532 g/mol. The van der Waals surface area contributed by atoms with Crippen LogP contribution >= 0.6 is 11.6 Å². The topological polar surface area (TPSA) is 70.1 Å². The van der Waals surface area contributed by atoms with Gasteiger partial charge in [0.25, 0.3) is 11.7 Å². The maximum absolute atomic E-state index is 13.5. The van der Waals surface area contributed by atoms with Crippen molar-refractivity contribution in [1.29, 1.82) is 0 Å². The van der Waals surface area contributed by atoms with Gasteiger partial charge in [0, 0.05) is 30.0 Å². The first kappa shape index (κ1) is 27.3. The molecule has 3 aromatic rings. The van der Waals surface area contributed by atoms with E-state index in [1.807, 2.05) is 63.2 Å². The van der Waals surface area contributed by atoms with E-state index in [0.717, 1.165) is 29.9 Å². The minimum atomic E-state index is -0.838. The summed E-state index contributed by atoms with van der Waals surface area (Å²) in [5.74, 6) is -1.30. The zero-order valence-corrected chi connectivity index (χ0v) is 23.2. The van der Waals surface area contributed by atoms with E-state index >= 15 is 0 Å². The Morgan fingerprint density at radius 2 is 1.63 bits per heavy atom. The van der Waals surface area contributed by atoms with Crippen molar-refractivity contribution in [2.45, 2.75) is 40.7 Å². The molecule has 1 aliphatic heterocycles. The Labute approximate surface area is 229 Å². The average Bonchev–Trinajstić information content (AvgIpc) is 3.18. The first-order valence-electron chi connectivity index (χ1n) is 12.9. The van der Waals surface area contributed by atoms with Gasteiger partial charge >= 0.3 is 0 Å². The minimum absolute atomic E-state index is 0.0145. The largest absolute Gasteiger partial charge is 0.507 e. The fourth-order valence-corrected chi connectivity index (χ4v) is 5.04. The van der Waals surface area contributed by atoms with E-state index in [2.05, 4.69) is 18.7 Å². The van der Waals surface area contributed by atoms with Crippen LogP contribution in [0, 0.1) is 13.8 Å². The van der Waals surface area contributed by atoms with Crippen molar-refractivity contribution in [2.24, 2.45) is 0 Å². The standard InChI is InChI=1S/C31H33ClN2O4/c1-6-33(7-2)22-13-10-21(11-14-22)28-27(29(35)25-18-24(38-8-3)15-16-26(25)32)30(36)31(37)34(28)23-12-9-19(4)20(5)17-23/h9-18,28,35H,6-8H2,1-5H3/b29-27+. The molecule has 0 saturated carbocycles. The Bertz CT molecular complexity index is 1390. The quantitative estimate of drug-likeness (QED) is 0.196. The maximum atomic E-state index is 13.5. The van der Waals surface area contributed by atoms with Gasteiger partial charge in [0.1, 0.15) is 11.5 Å². The van der Waals surface area contributed by atoms with E-state index < -0.39 is 17.7 Å². The summed E-state index contributed by atoms with van der Waals surface area (Å²) in [6.45, 7) is 12.1. The number of aliphatic hydroxyl groups excluding tert-OH is 1. The molecule has 1 atom stereocenters. The van der Waals surface area contributed by atoms with E-state index in [1.165, 1.54) is 4.90 Å². The molecule has 6 nitrogen and oxygen atoms in total. The van der Waals surface area contributed by atoms with Gasteiger partial charge in [-0.05, 0) is 93.8 Å². The van der Waals surface area contributed by atoms with Crippen molar-refractivity contribution >= 4 is 40.4 Å². The fourth-order valence-electron chi connectivity index (χ4n) is 4.83. The summed E-state index contributed by atoms with van der Waals surface area (Å²) in [5, 5.41) is 11.8. The van der Waals surface area contributed by atoms with Crippen molar-refractivity contribution in [3.8, 4) is 5.75 Å². The van der Waals surface area contributed by atoms with Crippen molar-refractivity contribution in [1.82, 2.24) is 0 Å². The number of carbonyl (C=O) groups excluding carboxylic acids is 2. The number of amides is 1. The normalized spacial score (nSPS) is 16.7. The Hall–Kier alpha value is -3.77. The number of rotatable bonds is 8. The van der Waals surface area contributed by atoms with E-state index in [1.54, 1.807) is 18.2 Å². The van der Waals surface area contributed by atoms with E-state index in [0.29, 0.717) is 23.6 Å². The zero-order valence-electron chi connectivity index (χ0n) is 22.4. The molecule has 4 rings (SSSR count). The van der Waals surface area contributed by atoms with Gasteiger partial charge in [0.05, 0.1) is 23.2 Å². The van der Waals surface area contributed by atoms with Crippen molar-refractivity contribution in [3.63, 3.8) is 0 Å². The number of ketones is 1. The molecule has 0 aromatic heterocycles. The Balaban J connectivity index is 1.93. The minimum Gasteiger partial charge on any atom is -0.507 e. The molecule has 1 amide bonds. The van der Waals surface area contributed by atoms with Crippen LogP contribution < -0.4 is 14.5 Å². The second-order valence-corrected chi connectivity index (χ2v) is 9.68. The van der Waals surface area contributed by atoms with Crippen LogP contribution in [0.15, 0.2) is 66.2 Å². The van der Waals surface area contributed by atoms with Crippen LogP contribution in [0.5, 0.6) is 5.75 Å². The third kappa shape index (κ3) is 5.01. The second kappa shape index (κ2) is 11.3. The number of halogens is 1. The van der Waals surface area contributed by atoms with Gasteiger partial charge in [0.2, 0.25) is 0 Å². The van der Waals surface area contributed by atoms with Gasteiger partial charge < -0.3 is 14.7 Å². The number of anilines is 2. The molecule has 0 radical (unpaired) electrons. The average molecular weight is 533 g/mol. The lowest BCUT2D eigenvalue weighted by Gasteiger charge is -2.27. The summed E-state index contributed by atoms with van der Waals surface area (Å²) in [7, 11) is 0. The molecular weight excluding hydrogens is 500 g/mol. The van der Waals surface area contributed by atoms with E-state index in [-0.39, 0.29) is 21.9 Å². The van der Waals surface area contributed by atoms with E-state index in [4.69, 9.17) is 16.3 Å². The summed E-state index contributed by atoms with van der Waals surface area (Å²) in [6.07, 6.45) is 0. The second-order valence-electron chi connectivity index (χ2n) is 9.28. The van der Waals surface area contributed by atoms with Crippen molar-refractivity contribution < 1.29 is 19.4 Å². The first-order chi connectivity index (χ1) is 18.2. The molecule has 0 spiro atoms. The number of carbonyl (C=O) groups is 2. The van der Waals surface area contributed by atoms with Crippen molar-refractivity contribution in [2.75, 3.05) is 29.5 Å². The number of Topliss-reactive ketones (excluding diaryl/α,β-unsaturated/α-hetero) is 1. The predicted octanol–water partition coefficient (Wildman–Crippen LogP) is 6.83. The number of ether oxygens (including phenoxy) is 1. The lowest BCUT2D eigenvalue weighted by Crippen LogP contribution is -2.29. The van der Waals surface area contributed by atoms with Crippen molar-refractivity contribution in [3.05, 3.63) is 93.5 Å². The fraction of sp³-hybridized carbons (Fsp3) is 0.290. The molecule has 1 saturated heterocycles. The Morgan fingerprint density at radius 3 is 2.24 bits per heavy atom. The summed E-state index contributed by atoms with van der Waals surface area (Å²) >= 11 is 6.46. The summed E-state index contributed by atoms with van der Waals surface area (Å²) < 4.78 is 5.59. The third-order valence-corrected chi connectivity index (χ3v) is 7.38. The van der Waals surface area contributed by atoms with Gasteiger partial charge in [-0.3, -0.25) is 14.5 Å². The highest BCUT2D eigenvalue weighted by atomic mass is 35.5. The number of hydrogen-bond acceptors (Lipinski definition) is 5. The molecule has 0 bridgehead atoms. The molecule has 3 aromatic carbocycles. The first-order valence-corrected chi connectivity index (χ1v) is 13.2. The van der Waals surface area contributed by atoms with Gasteiger partial charge in [-0.2, -0.15) is 0 Å². The number of aryl methyl sites for hydroxylation is 2. The molecule has 38 heavy (non-hydrogen) atoms. The highest BCUT2D eigenvalue weighted by Gasteiger charge is 2.47. The number of hydrogen-bond donors (Lipinski definition) is 1. The summed E-state index contributed by atoms with van der Waals surface area (Å²) in [4.78, 5) is 30.7. The Kier molecular flexibility index (Phi) is 8.12. The lowest BCUT2D eigenvalue weighted by atomic mass is 9.94. The van der Waals surface area contributed by atoms with Gasteiger partial charge in [0.15, 0.2) is 0 Å². The van der Waals surface area contributed by atoms with Crippen LogP contribution in [0.4, 0.5) is 11.4 Å². The van der Waals surface area contributed by atoms with Crippen LogP contribution in [0.3, 0.4) is 0 Å². The summed E-state index contributed by atoms with van der Waals surface area (Å²) in [5.41, 5.74) is 4.62. The molecule has 198 valence electrons. The van der Waals surface area contributed by atoms with Gasteiger partial charge in [-0.15, -0.1) is 0 Å². The van der Waals surface area contributed by atoms with E-state index in [9.17, 15) is 14.7 Å². The van der Waals surface area contributed by atoms with Crippen LogP contribution in [0.25, 0.3) is 5.76 Å². The predicted molar refractivity (Wildman–Crippen MR) is 153 cm³/mol. The lowest BCUT2D eigenvalue weighted by molar-refractivity contribution is -0.132. The molecule has 7 heteroatoms. The molecule has 1 aliphatic rings. The number of nitrogens with zero attached hydrogens (tertiary/aromatic N) is 2. The van der Waals surface area contributed by atoms with Gasteiger partial charge in [-0.25, -0.2) is 0 Å². The Morgan fingerprint density at radius 1 is 0.947 bits per heavy atom. The highest BCUT2D eigenvalue weighted by molar-refractivity contribution is 6.52. The third-order valence-electron chi connectivity index (χ3n) is 7.05. The molecule has 1 unspecified atom stereocenters. The van der Waals surface area contributed by atoms with Crippen LogP contribution in [-0.4, -0.2) is 36.5 Å². The smallest absolute Gasteiger partial charge is 0.300 e. The van der Waals surface area contributed by atoms with Crippen LogP contribution in [-0.2, 0) is 9.59 Å². The molecule has 0 aliphatic carbocycles. The number of aliphatic hydroxyl groups is 1. The maximum Gasteiger partial charge on any atom is 0.300 e. The molecule has 1 fully saturated rings. The number of benzene rings is 3. The molecule has 1 heterocycles. The highest BCUT2D eigenvalue weighted by Crippen LogP contribution is 2.44. The van der Waals surface area contributed by atoms with Gasteiger partial charge in [-0.1, -0.05) is 29.8 Å². The van der Waals surface area contributed by atoms with Crippen LogP contribution in [0.1, 0.15) is 49.1 Å². The van der Waals surface area contributed by atoms with Crippen LogP contribution in [0.2, 0.25) is 5.02 Å². The SMILES string of the molecule is CCOc1ccc(Cl)c(/C(O)=C2\C(=O)C(=O)N(c3ccc(C)c(C)c3)C2c2ccc(N(CC)CC)cc2)c1. The molecule has 1 N–H and O–H groups in total.